The van der Waals surface area contributed by atoms with Crippen LogP contribution in [0.1, 0.15) is 5.56 Å². The second kappa shape index (κ2) is 2.39. The van der Waals surface area contributed by atoms with Gasteiger partial charge in [-0.05, 0) is 11.6 Å². The third-order valence-electron chi connectivity index (χ3n) is 1.30. The van der Waals surface area contributed by atoms with E-state index in [1.807, 2.05) is 0 Å². The first-order valence-corrected chi connectivity index (χ1v) is 3.62. The van der Waals surface area contributed by atoms with Gasteiger partial charge < -0.3 is 0 Å². The van der Waals surface area contributed by atoms with Crippen LogP contribution in [0.3, 0.4) is 0 Å². The largest absolute Gasteiger partial charge is 0.225 e. The van der Waals surface area contributed by atoms with Crippen molar-refractivity contribution in [2.45, 2.75) is 6.54 Å². The number of fused-ring (bicyclic) bond motifs is 1. The minimum Gasteiger partial charge on any atom is -0.205 e. The second-order valence-electron chi connectivity index (χ2n) is 1.99. The third kappa shape index (κ3) is 1.08. The van der Waals surface area contributed by atoms with E-state index in [0.29, 0.717) is 17.5 Å². The van der Waals surface area contributed by atoms with Gasteiger partial charge in [0.15, 0.2) is 5.82 Å². The molecule has 0 bridgehead atoms. The topological polar surface area (TPSA) is 50.5 Å². The van der Waals surface area contributed by atoms with Crippen LogP contribution in [0.4, 0.5) is 5.82 Å². The van der Waals surface area contributed by atoms with E-state index in [2.05, 4.69) is 20.2 Å². The highest BCUT2D eigenvalue weighted by Crippen LogP contribution is 2.30. The first-order chi connectivity index (χ1) is 5.27. The predicted octanol–water partition coefficient (Wildman–Crippen LogP) is 2.38. The summed E-state index contributed by atoms with van der Waals surface area (Å²) in [5, 5.41) is 7.90. The van der Waals surface area contributed by atoms with Gasteiger partial charge in [0, 0.05) is 0 Å². The highest BCUT2D eigenvalue weighted by Gasteiger charge is 2.15. The van der Waals surface area contributed by atoms with Crippen molar-refractivity contribution in [2.24, 2.45) is 10.2 Å². The van der Waals surface area contributed by atoms with Gasteiger partial charge in [0.05, 0.1) is 12.1 Å². The summed E-state index contributed by atoms with van der Waals surface area (Å²) in [6.45, 7) is 0.450. The van der Waals surface area contributed by atoms with Gasteiger partial charge in [-0.1, -0.05) is 11.6 Å². The SMILES string of the molecule is Clc1nc(Cl)c2c(n1)N=NC2. The summed E-state index contributed by atoms with van der Waals surface area (Å²) in [5.74, 6) is 0.481. The van der Waals surface area contributed by atoms with Crippen molar-refractivity contribution >= 4 is 29.0 Å². The van der Waals surface area contributed by atoms with Crippen LogP contribution in [0.5, 0.6) is 0 Å². The molecule has 0 aromatic carbocycles. The molecular weight excluding hydrogens is 187 g/mol. The Bertz CT molecular complexity index is 335. The molecule has 0 unspecified atom stereocenters. The first-order valence-electron chi connectivity index (χ1n) is 2.87. The summed E-state index contributed by atoms with van der Waals surface area (Å²) in [6, 6.07) is 0. The average molecular weight is 189 g/mol. The lowest BCUT2D eigenvalue weighted by Gasteiger charge is -1.96. The molecule has 0 radical (unpaired) electrons. The van der Waals surface area contributed by atoms with E-state index < -0.39 is 0 Å². The molecule has 2 heterocycles. The van der Waals surface area contributed by atoms with E-state index in [1.54, 1.807) is 0 Å². The van der Waals surface area contributed by atoms with E-state index in [1.165, 1.54) is 0 Å². The Balaban J connectivity index is 2.66. The van der Waals surface area contributed by atoms with Crippen LogP contribution in [0.2, 0.25) is 10.4 Å². The maximum absolute atomic E-state index is 5.72. The molecule has 1 aromatic heterocycles. The number of aromatic nitrogens is 2. The van der Waals surface area contributed by atoms with Crippen LogP contribution < -0.4 is 0 Å². The molecule has 6 heteroatoms. The molecule has 1 aliphatic heterocycles. The molecule has 4 nitrogen and oxygen atoms in total. The van der Waals surface area contributed by atoms with E-state index in [-0.39, 0.29) is 5.28 Å². The Morgan fingerprint density at radius 1 is 1.18 bits per heavy atom. The fourth-order valence-corrected chi connectivity index (χ4v) is 1.24. The molecule has 56 valence electrons. The van der Waals surface area contributed by atoms with Gasteiger partial charge in [-0.2, -0.15) is 10.1 Å². The zero-order valence-electron chi connectivity index (χ0n) is 5.25. The Kier molecular flexibility index (Phi) is 1.51. The van der Waals surface area contributed by atoms with E-state index in [0.717, 1.165) is 5.56 Å². The summed E-state index contributed by atoms with van der Waals surface area (Å²) in [5.41, 5.74) is 0.746. The van der Waals surface area contributed by atoms with Gasteiger partial charge in [0.25, 0.3) is 0 Å². The van der Waals surface area contributed by atoms with E-state index in [9.17, 15) is 0 Å². The number of rotatable bonds is 0. The van der Waals surface area contributed by atoms with Crippen molar-refractivity contribution in [1.29, 1.82) is 0 Å². The summed E-state index contributed by atoms with van der Waals surface area (Å²) in [7, 11) is 0. The smallest absolute Gasteiger partial charge is 0.205 e. The molecule has 0 fully saturated rings. The highest BCUT2D eigenvalue weighted by atomic mass is 35.5. The molecule has 0 saturated carbocycles. The monoisotopic (exact) mass is 188 g/mol. The van der Waals surface area contributed by atoms with Crippen molar-refractivity contribution in [3.8, 4) is 0 Å². The Morgan fingerprint density at radius 3 is 2.82 bits per heavy atom. The summed E-state index contributed by atoms with van der Waals surface area (Å²) in [4.78, 5) is 7.57. The maximum Gasteiger partial charge on any atom is 0.225 e. The quantitative estimate of drug-likeness (QED) is 0.464. The summed E-state index contributed by atoms with van der Waals surface area (Å²) < 4.78 is 0. The number of hydrogen-bond acceptors (Lipinski definition) is 4. The number of nitrogens with zero attached hydrogens (tertiary/aromatic N) is 4. The van der Waals surface area contributed by atoms with Crippen LogP contribution in [0.25, 0.3) is 0 Å². The summed E-state index contributed by atoms with van der Waals surface area (Å²) >= 11 is 11.2. The van der Waals surface area contributed by atoms with Crippen LogP contribution in [-0.4, -0.2) is 9.97 Å². The number of hydrogen-bond donors (Lipinski definition) is 0. The molecule has 0 spiro atoms. The van der Waals surface area contributed by atoms with Crippen LogP contribution >= 0.6 is 23.2 Å². The van der Waals surface area contributed by atoms with Gasteiger partial charge in [-0.3, -0.25) is 0 Å². The highest BCUT2D eigenvalue weighted by molar-refractivity contribution is 6.32. The van der Waals surface area contributed by atoms with Crippen LogP contribution in [-0.2, 0) is 6.54 Å². The van der Waals surface area contributed by atoms with Crippen LogP contribution in [0, 0.1) is 0 Å². The van der Waals surface area contributed by atoms with Crippen molar-refractivity contribution in [3.63, 3.8) is 0 Å². The predicted molar refractivity (Wildman–Crippen MR) is 40.3 cm³/mol. The molecule has 2 rings (SSSR count). The minimum atomic E-state index is 0.106. The Morgan fingerprint density at radius 2 is 2.00 bits per heavy atom. The first kappa shape index (κ1) is 6.94. The number of halogens is 2. The van der Waals surface area contributed by atoms with Crippen molar-refractivity contribution in [3.05, 3.63) is 16.0 Å². The molecule has 11 heavy (non-hydrogen) atoms. The van der Waals surface area contributed by atoms with Gasteiger partial charge >= 0.3 is 0 Å². The van der Waals surface area contributed by atoms with Crippen molar-refractivity contribution in [2.75, 3.05) is 0 Å². The molecule has 0 amide bonds. The minimum absolute atomic E-state index is 0.106. The fourth-order valence-electron chi connectivity index (χ4n) is 0.812. The maximum atomic E-state index is 5.72. The molecule has 0 saturated heterocycles. The van der Waals surface area contributed by atoms with E-state index >= 15 is 0 Å². The lowest BCUT2D eigenvalue weighted by Crippen LogP contribution is -1.88. The van der Waals surface area contributed by atoms with Gasteiger partial charge in [0.1, 0.15) is 5.15 Å². The van der Waals surface area contributed by atoms with Crippen molar-refractivity contribution < 1.29 is 0 Å². The average Bonchev–Trinajstić information content (AvgIpc) is 2.34. The Labute approximate surface area is 72.3 Å². The molecular formula is C5H2Cl2N4. The molecule has 0 aliphatic carbocycles. The third-order valence-corrected chi connectivity index (χ3v) is 1.78. The Hall–Kier alpha value is -0.740. The zero-order valence-corrected chi connectivity index (χ0v) is 6.76. The zero-order chi connectivity index (χ0) is 7.84. The van der Waals surface area contributed by atoms with E-state index in [4.69, 9.17) is 23.2 Å². The van der Waals surface area contributed by atoms with Gasteiger partial charge in [0.2, 0.25) is 5.28 Å². The normalized spacial score (nSPS) is 13.6. The molecule has 1 aliphatic rings. The lowest BCUT2D eigenvalue weighted by molar-refractivity contribution is 1.03. The van der Waals surface area contributed by atoms with Gasteiger partial charge in [-0.25, -0.2) is 4.98 Å². The standard InChI is InChI=1S/C5H2Cl2N4/c6-3-2-1-8-11-4(2)10-5(7)9-3/h1H2. The van der Waals surface area contributed by atoms with Gasteiger partial charge in [-0.15, -0.1) is 5.11 Å². The second-order valence-corrected chi connectivity index (χ2v) is 2.68. The summed E-state index contributed by atoms with van der Waals surface area (Å²) in [6.07, 6.45) is 0. The number of azo groups is 1. The van der Waals surface area contributed by atoms with Crippen molar-refractivity contribution in [1.82, 2.24) is 9.97 Å². The van der Waals surface area contributed by atoms with Crippen LogP contribution in [0.15, 0.2) is 10.2 Å². The molecule has 0 N–H and O–H groups in total. The molecule has 1 aromatic rings. The fraction of sp³-hybridized carbons (Fsp3) is 0.200. The lowest BCUT2D eigenvalue weighted by atomic mass is 10.3. The molecule has 0 atom stereocenters.